The van der Waals surface area contributed by atoms with Crippen molar-refractivity contribution >= 4 is 0 Å². The predicted molar refractivity (Wildman–Crippen MR) is 47.1 cm³/mol. The van der Waals surface area contributed by atoms with Crippen LogP contribution in [0, 0.1) is 6.92 Å². The standard InChI is InChI=1S/C9H10O.CH4/c1-7-2-3-9-8(6-7)4-5-10-9;/h2-3,6H,4-5H2,1H3;1H4. The van der Waals surface area contributed by atoms with Crippen molar-refractivity contribution in [1.82, 2.24) is 0 Å². The number of hydrogen-bond donors (Lipinski definition) is 0. The quantitative estimate of drug-likeness (QED) is 0.552. The largest absolute Gasteiger partial charge is 0.493 e. The van der Waals surface area contributed by atoms with Gasteiger partial charge in [0.15, 0.2) is 0 Å². The zero-order valence-electron chi connectivity index (χ0n) is 6.05. The summed E-state index contributed by atoms with van der Waals surface area (Å²) in [5.41, 5.74) is 2.68. The second-order valence-corrected chi connectivity index (χ2v) is 2.71. The second kappa shape index (κ2) is 2.95. The van der Waals surface area contributed by atoms with Crippen LogP contribution in [-0.4, -0.2) is 6.61 Å². The van der Waals surface area contributed by atoms with Crippen LogP contribution < -0.4 is 4.74 Å². The van der Waals surface area contributed by atoms with Crippen molar-refractivity contribution in [2.24, 2.45) is 0 Å². The van der Waals surface area contributed by atoms with E-state index in [1.54, 1.807) is 0 Å². The fourth-order valence-corrected chi connectivity index (χ4v) is 1.32. The molecule has 1 aromatic rings. The van der Waals surface area contributed by atoms with Gasteiger partial charge in [0, 0.05) is 6.42 Å². The highest BCUT2D eigenvalue weighted by Gasteiger charge is 2.09. The molecule has 0 aromatic heterocycles. The van der Waals surface area contributed by atoms with Crippen LogP contribution in [0.4, 0.5) is 0 Å². The molecule has 0 radical (unpaired) electrons. The lowest BCUT2D eigenvalue weighted by atomic mass is 10.1. The highest BCUT2D eigenvalue weighted by atomic mass is 16.5. The lowest BCUT2D eigenvalue weighted by Gasteiger charge is -1.97. The molecule has 0 N–H and O–H groups in total. The first kappa shape index (κ1) is 8.12. The Morgan fingerprint density at radius 2 is 2.18 bits per heavy atom. The van der Waals surface area contributed by atoms with Crippen molar-refractivity contribution in [1.29, 1.82) is 0 Å². The Kier molecular flexibility index (Phi) is 2.18. The molecule has 1 aliphatic rings. The van der Waals surface area contributed by atoms with E-state index in [-0.39, 0.29) is 7.43 Å². The van der Waals surface area contributed by atoms with Gasteiger partial charge in [-0.05, 0) is 18.6 Å². The number of ether oxygens (including phenoxy) is 1. The molecule has 0 spiro atoms. The van der Waals surface area contributed by atoms with Crippen LogP contribution in [0.2, 0.25) is 0 Å². The zero-order valence-corrected chi connectivity index (χ0v) is 6.05. The average molecular weight is 150 g/mol. The van der Waals surface area contributed by atoms with E-state index in [9.17, 15) is 0 Å². The van der Waals surface area contributed by atoms with Gasteiger partial charge in [-0.2, -0.15) is 0 Å². The van der Waals surface area contributed by atoms with Gasteiger partial charge in [0.2, 0.25) is 0 Å². The minimum absolute atomic E-state index is 0. The summed E-state index contributed by atoms with van der Waals surface area (Å²) < 4.78 is 5.35. The molecule has 11 heavy (non-hydrogen) atoms. The van der Waals surface area contributed by atoms with Gasteiger partial charge in [0.1, 0.15) is 5.75 Å². The summed E-state index contributed by atoms with van der Waals surface area (Å²) in [5.74, 6) is 1.07. The van der Waals surface area contributed by atoms with Crippen molar-refractivity contribution in [2.75, 3.05) is 6.61 Å². The molecule has 0 aliphatic carbocycles. The monoisotopic (exact) mass is 150 g/mol. The Labute approximate surface area is 68.0 Å². The van der Waals surface area contributed by atoms with E-state index in [1.165, 1.54) is 11.1 Å². The highest BCUT2D eigenvalue weighted by Crippen LogP contribution is 2.25. The minimum atomic E-state index is 0. The number of hydrogen-bond acceptors (Lipinski definition) is 1. The maximum atomic E-state index is 5.35. The van der Waals surface area contributed by atoms with Crippen molar-refractivity contribution < 1.29 is 4.74 Å². The first-order valence-electron chi connectivity index (χ1n) is 3.58. The zero-order chi connectivity index (χ0) is 6.97. The minimum Gasteiger partial charge on any atom is -0.493 e. The summed E-state index contributed by atoms with van der Waals surface area (Å²) in [7, 11) is 0. The fourth-order valence-electron chi connectivity index (χ4n) is 1.32. The van der Waals surface area contributed by atoms with Crippen LogP contribution in [0.3, 0.4) is 0 Å². The summed E-state index contributed by atoms with van der Waals surface area (Å²) in [6.45, 7) is 2.97. The molecule has 0 bridgehead atoms. The van der Waals surface area contributed by atoms with Crippen LogP contribution in [0.15, 0.2) is 18.2 Å². The van der Waals surface area contributed by atoms with E-state index in [0.717, 1.165) is 18.8 Å². The molecule has 0 atom stereocenters. The Morgan fingerprint density at radius 3 is 3.00 bits per heavy atom. The van der Waals surface area contributed by atoms with Crippen LogP contribution in [-0.2, 0) is 6.42 Å². The molecule has 2 rings (SSSR count). The SMILES string of the molecule is C.Cc1ccc2c(c1)CCO2. The van der Waals surface area contributed by atoms with Gasteiger partial charge >= 0.3 is 0 Å². The third-order valence-corrected chi connectivity index (χ3v) is 1.84. The molecule has 0 unspecified atom stereocenters. The lowest BCUT2D eigenvalue weighted by Crippen LogP contribution is -1.85. The summed E-state index contributed by atoms with van der Waals surface area (Å²) in [5, 5.41) is 0. The van der Waals surface area contributed by atoms with E-state index >= 15 is 0 Å². The van der Waals surface area contributed by atoms with E-state index in [0.29, 0.717) is 0 Å². The van der Waals surface area contributed by atoms with Crippen molar-refractivity contribution in [2.45, 2.75) is 20.8 Å². The van der Waals surface area contributed by atoms with Crippen molar-refractivity contribution in [3.63, 3.8) is 0 Å². The third kappa shape index (κ3) is 1.37. The molecule has 0 fully saturated rings. The molecule has 60 valence electrons. The van der Waals surface area contributed by atoms with Gasteiger partial charge in [-0.25, -0.2) is 0 Å². The van der Waals surface area contributed by atoms with Gasteiger partial charge in [0.25, 0.3) is 0 Å². The molecule has 1 aliphatic heterocycles. The Bertz CT molecular complexity index is 253. The van der Waals surface area contributed by atoms with E-state index in [2.05, 4.69) is 25.1 Å². The fraction of sp³-hybridized carbons (Fsp3) is 0.400. The van der Waals surface area contributed by atoms with E-state index in [4.69, 9.17) is 4.74 Å². The second-order valence-electron chi connectivity index (χ2n) is 2.71. The Hall–Kier alpha value is -0.980. The van der Waals surface area contributed by atoms with Gasteiger partial charge in [-0.15, -0.1) is 0 Å². The number of rotatable bonds is 0. The molecule has 1 heteroatoms. The molecule has 0 amide bonds. The average Bonchev–Trinajstić information content (AvgIpc) is 2.33. The number of benzene rings is 1. The van der Waals surface area contributed by atoms with Gasteiger partial charge in [0.05, 0.1) is 6.61 Å². The molecular weight excluding hydrogens is 136 g/mol. The van der Waals surface area contributed by atoms with Crippen LogP contribution in [0.25, 0.3) is 0 Å². The Balaban J connectivity index is 0.000000605. The maximum Gasteiger partial charge on any atom is 0.122 e. The Morgan fingerprint density at radius 1 is 1.36 bits per heavy atom. The molecule has 0 saturated carbocycles. The highest BCUT2D eigenvalue weighted by molar-refractivity contribution is 5.39. The first-order chi connectivity index (χ1) is 4.86. The van der Waals surface area contributed by atoms with E-state index < -0.39 is 0 Å². The van der Waals surface area contributed by atoms with Crippen LogP contribution >= 0.6 is 0 Å². The molecule has 1 aromatic carbocycles. The normalized spacial score (nSPS) is 13.2. The smallest absolute Gasteiger partial charge is 0.122 e. The predicted octanol–water partition coefficient (Wildman–Crippen LogP) is 2.57. The summed E-state index contributed by atoms with van der Waals surface area (Å²) >= 11 is 0. The molecule has 1 nitrogen and oxygen atoms in total. The third-order valence-electron chi connectivity index (χ3n) is 1.84. The maximum absolute atomic E-state index is 5.35. The van der Waals surface area contributed by atoms with Crippen molar-refractivity contribution in [3.05, 3.63) is 29.3 Å². The van der Waals surface area contributed by atoms with E-state index in [1.807, 2.05) is 0 Å². The summed E-state index contributed by atoms with van der Waals surface area (Å²) in [6, 6.07) is 6.34. The number of fused-ring (bicyclic) bond motifs is 1. The number of aryl methyl sites for hydroxylation is 1. The molecule has 1 heterocycles. The van der Waals surface area contributed by atoms with Crippen molar-refractivity contribution in [3.8, 4) is 5.75 Å². The summed E-state index contributed by atoms with van der Waals surface area (Å²) in [4.78, 5) is 0. The molecule has 0 saturated heterocycles. The van der Waals surface area contributed by atoms with Crippen LogP contribution in [0.1, 0.15) is 18.6 Å². The van der Waals surface area contributed by atoms with Crippen LogP contribution in [0.5, 0.6) is 5.75 Å². The van der Waals surface area contributed by atoms with Gasteiger partial charge in [-0.1, -0.05) is 25.1 Å². The topological polar surface area (TPSA) is 9.23 Å². The first-order valence-corrected chi connectivity index (χ1v) is 3.58. The lowest BCUT2D eigenvalue weighted by molar-refractivity contribution is 0.357. The van der Waals surface area contributed by atoms with Gasteiger partial charge in [-0.3, -0.25) is 0 Å². The molecular formula is C10H14O. The summed E-state index contributed by atoms with van der Waals surface area (Å²) in [6.07, 6.45) is 1.08. The van der Waals surface area contributed by atoms with Gasteiger partial charge < -0.3 is 4.74 Å².